The minimum absolute atomic E-state index is 0.0535. The SMILES string of the molecule is COc1ccc(/C=C2\SC(=S)N(c3ccc(F)cc3)C2=O)c(C(=O)O)c1OC. The Bertz CT molecular complexity index is 1000. The van der Waals surface area contributed by atoms with Crippen molar-refractivity contribution in [3.8, 4) is 11.5 Å². The average Bonchev–Trinajstić information content (AvgIpc) is 2.95. The molecule has 3 rings (SSSR count). The molecule has 144 valence electrons. The Morgan fingerprint density at radius 1 is 1.18 bits per heavy atom. The molecule has 6 nitrogen and oxygen atoms in total. The van der Waals surface area contributed by atoms with E-state index in [1.807, 2.05) is 0 Å². The summed E-state index contributed by atoms with van der Waals surface area (Å²) in [6.07, 6.45) is 1.44. The number of anilines is 1. The van der Waals surface area contributed by atoms with Crippen LogP contribution in [0.5, 0.6) is 11.5 Å². The number of rotatable bonds is 5. The van der Waals surface area contributed by atoms with Crippen LogP contribution >= 0.6 is 24.0 Å². The molecule has 1 saturated heterocycles. The number of amides is 1. The fourth-order valence-corrected chi connectivity index (χ4v) is 3.99. The second-order valence-electron chi connectivity index (χ2n) is 5.56. The van der Waals surface area contributed by atoms with Gasteiger partial charge in [0.2, 0.25) is 0 Å². The molecule has 2 aromatic rings. The highest BCUT2D eigenvalue weighted by atomic mass is 32.2. The molecule has 1 heterocycles. The van der Waals surface area contributed by atoms with Gasteiger partial charge in [-0.05, 0) is 42.0 Å². The van der Waals surface area contributed by atoms with Gasteiger partial charge in [0.05, 0.1) is 24.8 Å². The Balaban J connectivity index is 2.05. The maximum atomic E-state index is 13.2. The highest BCUT2D eigenvalue weighted by Crippen LogP contribution is 2.39. The molecule has 2 aromatic carbocycles. The first-order valence-corrected chi connectivity index (χ1v) is 9.11. The quantitative estimate of drug-likeness (QED) is 0.581. The largest absolute Gasteiger partial charge is 0.493 e. The summed E-state index contributed by atoms with van der Waals surface area (Å²) < 4.78 is 23.7. The minimum atomic E-state index is -1.23. The molecule has 1 aliphatic heterocycles. The number of carboxylic acids is 1. The van der Waals surface area contributed by atoms with Gasteiger partial charge in [-0.3, -0.25) is 9.69 Å². The third-order valence-electron chi connectivity index (χ3n) is 3.96. The number of thiocarbonyl (C=S) groups is 1. The van der Waals surface area contributed by atoms with Gasteiger partial charge in [-0.15, -0.1) is 0 Å². The zero-order valence-corrected chi connectivity index (χ0v) is 16.4. The Labute approximate surface area is 169 Å². The first-order chi connectivity index (χ1) is 13.4. The van der Waals surface area contributed by atoms with E-state index < -0.39 is 17.7 Å². The minimum Gasteiger partial charge on any atom is -0.493 e. The highest BCUT2D eigenvalue weighted by Gasteiger charge is 2.34. The lowest BCUT2D eigenvalue weighted by atomic mass is 10.0. The molecule has 0 unspecified atom stereocenters. The van der Waals surface area contributed by atoms with Crippen molar-refractivity contribution in [1.82, 2.24) is 0 Å². The van der Waals surface area contributed by atoms with E-state index in [-0.39, 0.29) is 31.9 Å². The lowest BCUT2D eigenvalue weighted by Gasteiger charge is -2.14. The van der Waals surface area contributed by atoms with Gasteiger partial charge in [0.25, 0.3) is 5.91 Å². The van der Waals surface area contributed by atoms with Gasteiger partial charge in [0.15, 0.2) is 15.8 Å². The molecule has 1 N–H and O–H groups in total. The number of hydrogen-bond donors (Lipinski definition) is 1. The van der Waals surface area contributed by atoms with E-state index in [0.717, 1.165) is 11.8 Å². The molecular weight excluding hydrogens is 405 g/mol. The lowest BCUT2D eigenvalue weighted by molar-refractivity contribution is -0.113. The van der Waals surface area contributed by atoms with Crippen LogP contribution in [0, 0.1) is 5.82 Å². The number of carbonyl (C=O) groups excluding carboxylic acids is 1. The van der Waals surface area contributed by atoms with Crippen molar-refractivity contribution < 1.29 is 28.6 Å². The summed E-state index contributed by atoms with van der Waals surface area (Å²) >= 11 is 6.30. The molecule has 1 aliphatic rings. The molecule has 0 aliphatic carbocycles. The average molecular weight is 419 g/mol. The second-order valence-corrected chi connectivity index (χ2v) is 7.24. The second kappa shape index (κ2) is 7.99. The van der Waals surface area contributed by atoms with Gasteiger partial charge in [0.1, 0.15) is 11.4 Å². The number of hydrogen-bond acceptors (Lipinski definition) is 6. The topological polar surface area (TPSA) is 76.1 Å². The van der Waals surface area contributed by atoms with Crippen molar-refractivity contribution in [2.24, 2.45) is 0 Å². The number of benzene rings is 2. The molecular formula is C19H14FNO5S2. The van der Waals surface area contributed by atoms with Crippen LogP contribution in [0.1, 0.15) is 15.9 Å². The normalized spacial score (nSPS) is 15.2. The molecule has 28 heavy (non-hydrogen) atoms. The fourth-order valence-electron chi connectivity index (χ4n) is 2.70. The van der Waals surface area contributed by atoms with E-state index in [1.54, 1.807) is 6.07 Å². The van der Waals surface area contributed by atoms with Crippen molar-refractivity contribution in [1.29, 1.82) is 0 Å². The number of ether oxygens (including phenoxy) is 2. The van der Waals surface area contributed by atoms with Crippen LogP contribution in [0.4, 0.5) is 10.1 Å². The number of methoxy groups -OCH3 is 2. The number of carboxylic acid groups (broad SMARTS) is 1. The summed E-state index contributed by atoms with van der Waals surface area (Å²) in [6, 6.07) is 8.43. The van der Waals surface area contributed by atoms with Crippen molar-refractivity contribution in [3.05, 3.63) is 58.2 Å². The third kappa shape index (κ3) is 3.58. The van der Waals surface area contributed by atoms with Crippen molar-refractivity contribution in [2.75, 3.05) is 19.1 Å². The smallest absolute Gasteiger partial charge is 0.340 e. The zero-order chi connectivity index (χ0) is 20.4. The van der Waals surface area contributed by atoms with Crippen LogP contribution in [0.15, 0.2) is 41.3 Å². The van der Waals surface area contributed by atoms with Crippen molar-refractivity contribution in [2.45, 2.75) is 0 Å². The summed E-state index contributed by atoms with van der Waals surface area (Å²) in [5.41, 5.74) is 0.566. The summed E-state index contributed by atoms with van der Waals surface area (Å²) in [4.78, 5) is 26.1. The van der Waals surface area contributed by atoms with Crippen molar-refractivity contribution >= 4 is 51.9 Å². The van der Waals surface area contributed by atoms with Crippen LogP contribution in [-0.4, -0.2) is 35.5 Å². The third-order valence-corrected chi connectivity index (χ3v) is 5.26. The van der Waals surface area contributed by atoms with E-state index in [1.165, 1.54) is 55.5 Å². The van der Waals surface area contributed by atoms with E-state index in [9.17, 15) is 19.1 Å². The monoisotopic (exact) mass is 419 g/mol. The Morgan fingerprint density at radius 2 is 1.86 bits per heavy atom. The molecule has 0 bridgehead atoms. The number of thioether (sulfide) groups is 1. The predicted molar refractivity (Wildman–Crippen MR) is 109 cm³/mol. The number of carbonyl (C=O) groups is 2. The molecule has 0 aromatic heterocycles. The molecule has 0 saturated carbocycles. The Hall–Kier alpha value is -2.91. The van der Waals surface area contributed by atoms with Gasteiger partial charge in [-0.2, -0.15) is 0 Å². The van der Waals surface area contributed by atoms with Crippen molar-refractivity contribution in [3.63, 3.8) is 0 Å². The molecule has 1 fully saturated rings. The molecule has 0 spiro atoms. The van der Waals surface area contributed by atoms with E-state index in [2.05, 4.69) is 0 Å². The van der Waals surface area contributed by atoms with Crippen LogP contribution in [-0.2, 0) is 4.79 Å². The van der Waals surface area contributed by atoms with Gasteiger partial charge < -0.3 is 14.6 Å². The van der Waals surface area contributed by atoms with Crippen LogP contribution in [0.3, 0.4) is 0 Å². The van der Waals surface area contributed by atoms with E-state index in [0.29, 0.717) is 5.69 Å². The summed E-state index contributed by atoms with van der Waals surface area (Å²) in [7, 11) is 2.74. The molecule has 9 heteroatoms. The fraction of sp³-hybridized carbons (Fsp3) is 0.105. The predicted octanol–water partition coefficient (Wildman–Crippen LogP) is 3.95. The molecule has 1 amide bonds. The molecule has 0 radical (unpaired) electrons. The van der Waals surface area contributed by atoms with Gasteiger partial charge in [0, 0.05) is 0 Å². The van der Waals surface area contributed by atoms with E-state index >= 15 is 0 Å². The summed E-state index contributed by atoms with van der Waals surface area (Å²) in [5, 5.41) is 9.62. The molecule has 0 atom stereocenters. The van der Waals surface area contributed by atoms with Crippen LogP contribution in [0.2, 0.25) is 0 Å². The maximum Gasteiger partial charge on any atom is 0.340 e. The number of nitrogens with zero attached hydrogens (tertiary/aromatic N) is 1. The number of halogens is 1. The van der Waals surface area contributed by atoms with E-state index in [4.69, 9.17) is 21.7 Å². The number of aromatic carboxylic acids is 1. The first kappa shape index (κ1) is 19.8. The standard InChI is InChI=1S/C19H14FNO5S2/c1-25-13-8-3-10(15(18(23)24)16(13)26-2)9-14-17(22)21(19(27)28-14)12-6-4-11(20)5-7-12/h3-9H,1-2H3,(H,23,24)/b14-9-. The first-order valence-electron chi connectivity index (χ1n) is 7.89. The van der Waals surface area contributed by atoms with Crippen LogP contribution < -0.4 is 14.4 Å². The zero-order valence-electron chi connectivity index (χ0n) is 14.8. The van der Waals surface area contributed by atoms with Gasteiger partial charge >= 0.3 is 5.97 Å². The van der Waals surface area contributed by atoms with Crippen LogP contribution in [0.25, 0.3) is 6.08 Å². The summed E-state index contributed by atoms with van der Waals surface area (Å²) in [5.74, 6) is -1.77. The van der Waals surface area contributed by atoms with Gasteiger partial charge in [-0.25, -0.2) is 9.18 Å². The van der Waals surface area contributed by atoms with Gasteiger partial charge in [-0.1, -0.05) is 30.0 Å². The Morgan fingerprint density at radius 3 is 2.43 bits per heavy atom. The maximum absolute atomic E-state index is 13.2. The summed E-state index contributed by atoms with van der Waals surface area (Å²) in [6.45, 7) is 0. The highest BCUT2D eigenvalue weighted by molar-refractivity contribution is 8.27. The lowest BCUT2D eigenvalue weighted by Crippen LogP contribution is -2.27. The Kier molecular flexibility index (Phi) is 5.66.